The molecule has 0 N–H and O–H groups in total. The summed E-state index contributed by atoms with van der Waals surface area (Å²) in [6.07, 6.45) is 1.56. The first kappa shape index (κ1) is 16.6. The lowest BCUT2D eigenvalue weighted by atomic mass is 10.00. The van der Waals surface area contributed by atoms with Crippen LogP contribution in [0.1, 0.15) is 32.7 Å². The minimum Gasteiger partial charge on any atom is -0.465 e. The summed E-state index contributed by atoms with van der Waals surface area (Å²) >= 11 is 0. The maximum Gasteiger partial charge on any atom is 0.337 e. The van der Waals surface area contributed by atoms with Crippen molar-refractivity contribution >= 4 is 23.3 Å². The van der Waals surface area contributed by atoms with E-state index in [4.69, 9.17) is 0 Å². The molecule has 0 aliphatic carbocycles. The molecule has 128 valence electrons. The molecule has 2 aromatic carbocycles. The summed E-state index contributed by atoms with van der Waals surface area (Å²) in [7, 11) is 1.29. The van der Waals surface area contributed by atoms with Gasteiger partial charge in [0.25, 0.3) is 11.6 Å². The van der Waals surface area contributed by atoms with Crippen molar-refractivity contribution in [2.24, 2.45) is 0 Å². The first-order valence-electron chi connectivity index (χ1n) is 7.79. The van der Waals surface area contributed by atoms with Gasteiger partial charge in [-0.3, -0.25) is 14.9 Å². The summed E-state index contributed by atoms with van der Waals surface area (Å²) in [4.78, 5) is 36.4. The normalized spacial score (nSPS) is 13.1. The molecule has 7 nitrogen and oxygen atoms in total. The van der Waals surface area contributed by atoms with E-state index in [1.807, 2.05) is 0 Å². The van der Waals surface area contributed by atoms with Crippen molar-refractivity contribution in [3.05, 3.63) is 69.3 Å². The number of rotatable bonds is 3. The molecule has 0 radical (unpaired) electrons. The van der Waals surface area contributed by atoms with E-state index in [-0.39, 0.29) is 11.6 Å². The number of anilines is 1. The molecular formula is C18H16N2O5. The van der Waals surface area contributed by atoms with Crippen molar-refractivity contribution in [2.45, 2.75) is 12.8 Å². The number of fused-ring (bicyclic) bond motifs is 1. The Morgan fingerprint density at radius 3 is 2.44 bits per heavy atom. The van der Waals surface area contributed by atoms with E-state index in [9.17, 15) is 19.7 Å². The van der Waals surface area contributed by atoms with Crippen LogP contribution >= 0.6 is 0 Å². The number of hydrogen-bond acceptors (Lipinski definition) is 5. The molecule has 1 heterocycles. The lowest BCUT2D eigenvalue weighted by Gasteiger charge is -2.29. The van der Waals surface area contributed by atoms with Crippen LogP contribution in [-0.2, 0) is 11.2 Å². The number of esters is 1. The van der Waals surface area contributed by atoms with Gasteiger partial charge in [-0.2, -0.15) is 0 Å². The molecule has 0 fully saturated rings. The fraction of sp³-hybridized carbons (Fsp3) is 0.222. The number of nitro groups is 1. The van der Waals surface area contributed by atoms with Gasteiger partial charge in [-0.25, -0.2) is 4.79 Å². The highest BCUT2D eigenvalue weighted by Gasteiger charge is 2.25. The number of nitrogens with zero attached hydrogens (tertiary/aromatic N) is 2. The van der Waals surface area contributed by atoms with Crippen molar-refractivity contribution in [1.82, 2.24) is 0 Å². The maximum atomic E-state index is 12.8. The molecule has 3 rings (SSSR count). The summed E-state index contributed by atoms with van der Waals surface area (Å²) < 4.78 is 4.64. The number of aryl methyl sites for hydroxylation is 1. The molecule has 0 saturated heterocycles. The van der Waals surface area contributed by atoms with Crippen molar-refractivity contribution < 1.29 is 19.2 Å². The van der Waals surface area contributed by atoms with Gasteiger partial charge in [-0.1, -0.05) is 6.07 Å². The first-order valence-corrected chi connectivity index (χ1v) is 7.79. The number of hydrogen-bond donors (Lipinski definition) is 0. The lowest BCUT2D eigenvalue weighted by Crippen LogP contribution is -2.35. The van der Waals surface area contributed by atoms with Crippen molar-refractivity contribution in [3.8, 4) is 0 Å². The van der Waals surface area contributed by atoms with E-state index in [1.165, 1.54) is 31.4 Å². The quantitative estimate of drug-likeness (QED) is 0.487. The van der Waals surface area contributed by atoms with Gasteiger partial charge in [0.2, 0.25) is 0 Å². The van der Waals surface area contributed by atoms with Gasteiger partial charge < -0.3 is 9.64 Å². The number of amides is 1. The van der Waals surface area contributed by atoms with Crippen molar-refractivity contribution in [1.29, 1.82) is 0 Å². The second-order valence-electron chi connectivity index (χ2n) is 5.70. The van der Waals surface area contributed by atoms with Gasteiger partial charge in [0.15, 0.2) is 0 Å². The van der Waals surface area contributed by atoms with Crippen LogP contribution in [0.4, 0.5) is 11.4 Å². The lowest BCUT2D eigenvalue weighted by molar-refractivity contribution is -0.384. The van der Waals surface area contributed by atoms with Crippen LogP contribution in [0.15, 0.2) is 42.5 Å². The van der Waals surface area contributed by atoms with E-state index < -0.39 is 10.9 Å². The molecule has 0 unspecified atom stereocenters. The third-order valence-electron chi connectivity index (χ3n) is 4.20. The minimum absolute atomic E-state index is 0.0421. The summed E-state index contributed by atoms with van der Waals surface area (Å²) in [6.45, 7) is 0.492. The Kier molecular flexibility index (Phi) is 4.47. The third kappa shape index (κ3) is 3.21. The monoisotopic (exact) mass is 340 g/mol. The SMILES string of the molecule is COC(=O)c1ccc(C(=O)N2CCCc3ccc([N+](=O)[O-])cc32)cc1. The average Bonchev–Trinajstić information content (AvgIpc) is 2.66. The van der Waals surface area contributed by atoms with Gasteiger partial charge in [-0.15, -0.1) is 0 Å². The maximum absolute atomic E-state index is 12.8. The molecular weight excluding hydrogens is 324 g/mol. The Morgan fingerprint density at radius 1 is 1.12 bits per heavy atom. The van der Waals surface area contributed by atoms with Gasteiger partial charge in [0.1, 0.15) is 0 Å². The predicted molar refractivity (Wildman–Crippen MR) is 90.9 cm³/mol. The highest BCUT2D eigenvalue weighted by molar-refractivity contribution is 6.07. The zero-order valence-electron chi connectivity index (χ0n) is 13.6. The van der Waals surface area contributed by atoms with E-state index in [0.717, 1.165) is 18.4 Å². The number of nitro benzene ring substituents is 1. The van der Waals surface area contributed by atoms with Crippen LogP contribution in [0.25, 0.3) is 0 Å². The van der Waals surface area contributed by atoms with E-state index >= 15 is 0 Å². The van der Waals surface area contributed by atoms with Crippen LogP contribution in [-0.4, -0.2) is 30.5 Å². The van der Waals surface area contributed by atoms with Gasteiger partial charge >= 0.3 is 5.97 Å². The number of non-ortho nitro benzene ring substituents is 1. The van der Waals surface area contributed by atoms with Crippen LogP contribution in [0.5, 0.6) is 0 Å². The molecule has 0 atom stereocenters. The minimum atomic E-state index is -0.474. The molecule has 7 heteroatoms. The number of carbonyl (C=O) groups excluding carboxylic acids is 2. The van der Waals surface area contributed by atoms with E-state index in [1.54, 1.807) is 23.1 Å². The highest BCUT2D eigenvalue weighted by atomic mass is 16.6. The molecule has 1 aliphatic heterocycles. The molecule has 2 aromatic rings. The van der Waals surface area contributed by atoms with Crippen LogP contribution < -0.4 is 4.90 Å². The molecule has 0 saturated carbocycles. The van der Waals surface area contributed by atoms with Gasteiger partial charge in [0, 0.05) is 24.2 Å². The van der Waals surface area contributed by atoms with Gasteiger partial charge in [-0.05, 0) is 42.7 Å². The van der Waals surface area contributed by atoms with Crippen LogP contribution in [0, 0.1) is 10.1 Å². The Balaban J connectivity index is 1.92. The van der Waals surface area contributed by atoms with Crippen molar-refractivity contribution in [2.75, 3.05) is 18.6 Å². The standard InChI is InChI=1S/C18H16N2O5/c1-25-18(22)14-6-4-13(5-7-14)17(21)19-10-2-3-12-8-9-15(20(23)24)11-16(12)19/h4-9,11H,2-3,10H2,1H3. The number of benzene rings is 2. The second-order valence-corrected chi connectivity index (χ2v) is 5.70. The Bertz CT molecular complexity index is 845. The molecule has 0 spiro atoms. The predicted octanol–water partition coefficient (Wildman–Crippen LogP) is 2.97. The Labute approximate surface area is 144 Å². The van der Waals surface area contributed by atoms with Crippen LogP contribution in [0.3, 0.4) is 0 Å². The van der Waals surface area contributed by atoms with E-state index in [2.05, 4.69) is 4.74 Å². The highest BCUT2D eigenvalue weighted by Crippen LogP contribution is 2.32. The zero-order valence-corrected chi connectivity index (χ0v) is 13.6. The van der Waals surface area contributed by atoms with Crippen molar-refractivity contribution in [3.63, 3.8) is 0 Å². The third-order valence-corrected chi connectivity index (χ3v) is 4.20. The fourth-order valence-corrected chi connectivity index (χ4v) is 2.91. The van der Waals surface area contributed by atoms with E-state index in [0.29, 0.717) is 23.4 Å². The Morgan fingerprint density at radius 2 is 1.80 bits per heavy atom. The molecule has 25 heavy (non-hydrogen) atoms. The fourth-order valence-electron chi connectivity index (χ4n) is 2.91. The molecule has 0 bridgehead atoms. The second kappa shape index (κ2) is 6.72. The summed E-state index contributed by atoms with van der Waals surface area (Å²) in [5.74, 6) is -0.726. The summed E-state index contributed by atoms with van der Waals surface area (Å²) in [6, 6.07) is 10.8. The number of methoxy groups -OCH3 is 1. The summed E-state index contributed by atoms with van der Waals surface area (Å²) in [5, 5.41) is 11.0. The smallest absolute Gasteiger partial charge is 0.337 e. The average molecular weight is 340 g/mol. The molecule has 1 aliphatic rings. The largest absolute Gasteiger partial charge is 0.465 e. The first-order chi connectivity index (χ1) is 12.0. The topological polar surface area (TPSA) is 89.8 Å². The van der Waals surface area contributed by atoms with Crippen LogP contribution in [0.2, 0.25) is 0 Å². The number of carbonyl (C=O) groups is 2. The Hall–Kier alpha value is -3.22. The molecule has 0 aromatic heterocycles. The molecule has 1 amide bonds. The zero-order chi connectivity index (χ0) is 18.0. The number of ether oxygens (including phenoxy) is 1. The van der Waals surface area contributed by atoms with Gasteiger partial charge in [0.05, 0.1) is 23.3 Å². The summed E-state index contributed by atoms with van der Waals surface area (Å²) in [5.41, 5.74) is 2.21.